The molecule has 2 aromatic heterocycles. The Balaban J connectivity index is 1.00. The van der Waals surface area contributed by atoms with Crippen molar-refractivity contribution in [3.63, 3.8) is 0 Å². The molecule has 0 saturated heterocycles. The van der Waals surface area contributed by atoms with Gasteiger partial charge in [-0.1, -0.05) is 60.7 Å². The summed E-state index contributed by atoms with van der Waals surface area (Å²) in [5.74, 6) is 0.681. The van der Waals surface area contributed by atoms with Gasteiger partial charge in [-0.15, -0.1) is 0 Å². The summed E-state index contributed by atoms with van der Waals surface area (Å²) in [5, 5.41) is 8.29. The Morgan fingerprint density at radius 3 is 2.11 bits per heavy atom. The molecule has 2 heterocycles. The van der Waals surface area contributed by atoms with E-state index in [9.17, 15) is 4.79 Å². The molecule has 1 amide bonds. The van der Waals surface area contributed by atoms with E-state index in [1.54, 1.807) is 0 Å². The molecule has 0 unspecified atom stereocenters. The van der Waals surface area contributed by atoms with Gasteiger partial charge in [0.15, 0.2) is 0 Å². The number of hydrogen-bond donors (Lipinski definition) is 2. The van der Waals surface area contributed by atoms with Crippen LogP contribution in [-0.4, -0.2) is 48.4 Å². The van der Waals surface area contributed by atoms with E-state index in [4.69, 9.17) is 9.47 Å². The molecule has 6 rings (SSSR count). The van der Waals surface area contributed by atoms with Crippen LogP contribution in [0.2, 0.25) is 0 Å². The van der Waals surface area contributed by atoms with Crippen LogP contribution in [0.5, 0.6) is 5.75 Å². The lowest BCUT2D eigenvalue weighted by atomic mass is 10.1. The number of carbonyl (C=O) groups is 1. The van der Waals surface area contributed by atoms with Crippen LogP contribution in [0.3, 0.4) is 0 Å². The van der Waals surface area contributed by atoms with Gasteiger partial charge in [0.1, 0.15) is 12.4 Å². The molecule has 0 radical (unpaired) electrons. The predicted octanol–water partition coefficient (Wildman–Crippen LogP) is 6.24. The number of ether oxygens (including phenoxy) is 2. The summed E-state index contributed by atoms with van der Waals surface area (Å²) in [7, 11) is 1.93. The average Bonchev–Trinajstić information content (AvgIpc) is 3.67. The van der Waals surface area contributed by atoms with Crippen LogP contribution < -0.4 is 15.4 Å². The van der Waals surface area contributed by atoms with E-state index in [0.717, 1.165) is 36.3 Å². The normalized spacial score (nSPS) is 11.3. The van der Waals surface area contributed by atoms with Gasteiger partial charge in [-0.3, -0.25) is 4.79 Å². The Bertz CT molecular complexity index is 1820. The zero-order valence-electron chi connectivity index (χ0n) is 25.0. The Morgan fingerprint density at radius 1 is 0.682 bits per heavy atom. The number of aromatic nitrogens is 2. The highest BCUT2D eigenvalue weighted by Crippen LogP contribution is 2.24. The second-order valence-electron chi connectivity index (χ2n) is 10.9. The highest BCUT2D eigenvalue weighted by molar-refractivity contribution is 6.06. The highest BCUT2D eigenvalue weighted by atomic mass is 16.5. The van der Waals surface area contributed by atoms with E-state index >= 15 is 0 Å². The van der Waals surface area contributed by atoms with Crippen molar-refractivity contribution in [2.75, 3.05) is 33.4 Å². The number of likely N-dealkylation sites (N-methyl/N-ethyl adjacent to an activating group) is 1. The minimum Gasteiger partial charge on any atom is -0.492 e. The van der Waals surface area contributed by atoms with Crippen molar-refractivity contribution in [2.45, 2.75) is 19.7 Å². The largest absolute Gasteiger partial charge is 0.492 e. The van der Waals surface area contributed by atoms with E-state index in [1.807, 2.05) is 61.8 Å². The Morgan fingerprint density at radius 2 is 1.36 bits per heavy atom. The number of amides is 1. The van der Waals surface area contributed by atoms with Gasteiger partial charge in [-0.05, 0) is 66.2 Å². The summed E-state index contributed by atoms with van der Waals surface area (Å²) in [6, 6.07) is 34.9. The first kappa shape index (κ1) is 29.2. The van der Waals surface area contributed by atoms with Crippen molar-refractivity contribution in [2.24, 2.45) is 0 Å². The average molecular weight is 587 g/mol. The molecule has 44 heavy (non-hydrogen) atoms. The van der Waals surface area contributed by atoms with Crippen LogP contribution in [-0.2, 0) is 24.4 Å². The van der Waals surface area contributed by atoms with Crippen molar-refractivity contribution in [1.82, 2.24) is 19.8 Å². The maximum Gasteiger partial charge on any atom is 0.252 e. The number of hydrogen-bond acceptors (Lipinski definition) is 4. The van der Waals surface area contributed by atoms with E-state index in [-0.39, 0.29) is 5.91 Å². The summed E-state index contributed by atoms with van der Waals surface area (Å²) in [6.45, 7) is 4.46. The topological polar surface area (TPSA) is 69.5 Å². The van der Waals surface area contributed by atoms with Gasteiger partial charge in [0, 0.05) is 59.4 Å². The molecule has 0 fully saturated rings. The first-order valence-corrected chi connectivity index (χ1v) is 15.1. The summed E-state index contributed by atoms with van der Waals surface area (Å²) >= 11 is 0. The Hall–Kier alpha value is -4.85. The third-order valence-corrected chi connectivity index (χ3v) is 7.84. The maximum absolute atomic E-state index is 13.0. The smallest absolute Gasteiger partial charge is 0.252 e. The van der Waals surface area contributed by atoms with Crippen molar-refractivity contribution in [3.05, 3.63) is 138 Å². The number of fused-ring (bicyclic) bond motifs is 2. The fourth-order valence-electron chi connectivity index (χ4n) is 5.56. The van der Waals surface area contributed by atoms with Crippen LogP contribution >= 0.6 is 0 Å². The molecule has 4 aromatic carbocycles. The van der Waals surface area contributed by atoms with Crippen LogP contribution in [0.1, 0.15) is 27.0 Å². The molecule has 0 aliphatic heterocycles. The third-order valence-electron chi connectivity index (χ3n) is 7.84. The van der Waals surface area contributed by atoms with Crippen LogP contribution in [0, 0.1) is 0 Å². The first-order valence-electron chi connectivity index (χ1n) is 15.1. The number of carbonyl (C=O) groups excluding carboxylic acids is 1. The van der Waals surface area contributed by atoms with E-state index in [1.165, 1.54) is 27.6 Å². The van der Waals surface area contributed by atoms with Crippen LogP contribution in [0.25, 0.3) is 21.8 Å². The quantitative estimate of drug-likeness (QED) is 0.148. The molecule has 0 bridgehead atoms. The molecule has 0 spiro atoms. The summed E-state index contributed by atoms with van der Waals surface area (Å²) < 4.78 is 16.2. The molecule has 6 aromatic rings. The summed E-state index contributed by atoms with van der Waals surface area (Å²) in [6.07, 6.45) is 4.17. The molecule has 7 heteroatoms. The lowest BCUT2D eigenvalue weighted by Gasteiger charge is -2.11. The lowest BCUT2D eigenvalue weighted by molar-refractivity contribution is 0.0948. The van der Waals surface area contributed by atoms with Crippen molar-refractivity contribution >= 4 is 27.7 Å². The first-order chi connectivity index (χ1) is 21.7. The molecule has 224 valence electrons. The van der Waals surface area contributed by atoms with Gasteiger partial charge in [-0.2, -0.15) is 0 Å². The van der Waals surface area contributed by atoms with Gasteiger partial charge < -0.3 is 29.2 Å². The lowest BCUT2D eigenvalue weighted by Crippen LogP contribution is -2.28. The summed E-state index contributed by atoms with van der Waals surface area (Å²) in [4.78, 5) is 13.0. The van der Waals surface area contributed by atoms with Crippen molar-refractivity contribution in [3.8, 4) is 5.75 Å². The van der Waals surface area contributed by atoms with Gasteiger partial charge in [0.25, 0.3) is 5.91 Å². The zero-order chi connectivity index (χ0) is 30.1. The van der Waals surface area contributed by atoms with Gasteiger partial charge in [-0.25, -0.2) is 0 Å². The van der Waals surface area contributed by atoms with Crippen LogP contribution in [0.4, 0.5) is 0 Å². The number of benzene rings is 4. The minimum atomic E-state index is -0.0985. The molecule has 0 aliphatic rings. The Labute approximate surface area is 258 Å². The van der Waals surface area contributed by atoms with Gasteiger partial charge in [0.2, 0.25) is 0 Å². The molecule has 0 atom stereocenters. The molecule has 0 saturated carbocycles. The van der Waals surface area contributed by atoms with Crippen LogP contribution in [0.15, 0.2) is 116 Å². The molecule has 0 aliphatic carbocycles. The standard InChI is InChI=1S/C37H38N4O3/c1-38-19-23-43-27-30-9-5-11-35-32(30)17-21-40(35)26-29-13-15-31(16-14-29)44-24-20-39-37(42)34-10-6-12-36-33(34)18-22-41(36)25-28-7-3-2-4-8-28/h2-18,21-22,38H,19-20,23-27H2,1H3,(H,39,42). The van der Waals surface area contributed by atoms with Crippen molar-refractivity contribution in [1.29, 1.82) is 0 Å². The predicted molar refractivity (Wildman–Crippen MR) is 176 cm³/mol. The monoisotopic (exact) mass is 586 g/mol. The number of nitrogens with zero attached hydrogens (tertiary/aromatic N) is 2. The molecular formula is C37H38N4O3. The molecule has 7 nitrogen and oxygen atoms in total. The number of rotatable bonds is 14. The van der Waals surface area contributed by atoms with Crippen molar-refractivity contribution < 1.29 is 14.3 Å². The minimum absolute atomic E-state index is 0.0985. The second-order valence-corrected chi connectivity index (χ2v) is 10.9. The Kier molecular flexibility index (Phi) is 9.35. The van der Waals surface area contributed by atoms with E-state index in [0.29, 0.717) is 31.9 Å². The fourth-order valence-corrected chi connectivity index (χ4v) is 5.56. The third kappa shape index (κ3) is 6.86. The highest BCUT2D eigenvalue weighted by Gasteiger charge is 2.12. The fraction of sp³-hybridized carbons (Fsp3) is 0.216. The van der Waals surface area contributed by atoms with E-state index < -0.39 is 0 Å². The molecule has 2 N–H and O–H groups in total. The zero-order valence-corrected chi connectivity index (χ0v) is 25.0. The number of nitrogens with one attached hydrogen (secondary N) is 2. The molecular weight excluding hydrogens is 548 g/mol. The van der Waals surface area contributed by atoms with Gasteiger partial charge in [0.05, 0.1) is 19.8 Å². The van der Waals surface area contributed by atoms with E-state index in [2.05, 4.69) is 80.6 Å². The SMILES string of the molecule is CNCCOCc1cccc2c1ccn2Cc1ccc(OCCNC(=O)c2cccc3c2ccn3Cc2ccccc2)cc1. The maximum atomic E-state index is 13.0. The summed E-state index contributed by atoms with van der Waals surface area (Å²) in [5.41, 5.74) is 6.51. The second kappa shape index (κ2) is 14.1. The van der Waals surface area contributed by atoms with Gasteiger partial charge >= 0.3 is 0 Å².